The summed E-state index contributed by atoms with van der Waals surface area (Å²) >= 11 is 0. The number of ether oxygens (including phenoxy) is 2. The van der Waals surface area contributed by atoms with E-state index in [0.717, 1.165) is 5.56 Å². The number of fused-ring (bicyclic) bond motifs is 1. The second-order valence-corrected chi connectivity index (χ2v) is 7.85. The van der Waals surface area contributed by atoms with Crippen LogP contribution in [-0.4, -0.2) is 54.4 Å². The van der Waals surface area contributed by atoms with Crippen molar-refractivity contribution in [2.45, 2.75) is 6.54 Å². The van der Waals surface area contributed by atoms with Gasteiger partial charge in [-0.2, -0.15) is 5.26 Å². The van der Waals surface area contributed by atoms with Crippen molar-refractivity contribution in [1.29, 1.82) is 5.26 Å². The van der Waals surface area contributed by atoms with Gasteiger partial charge in [0.1, 0.15) is 35.5 Å². The molecule has 4 rings (SSSR count). The van der Waals surface area contributed by atoms with Crippen LogP contribution in [0.4, 0.5) is 10.2 Å². The molecule has 2 aromatic carbocycles. The van der Waals surface area contributed by atoms with Crippen molar-refractivity contribution in [3.05, 3.63) is 71.9 Å². The number of carbonyl (C=O) groups excluding carboxylic acids is 1. The van der Waals surface area contributed by atoms with Gasteiger partial charge in [0.05, 0.1) is 24.9 Å². The molecule has 184 valence electrons. The summed E-state index contributed by atoms with van der Waals surface area (Å²) in [6.45, 7) is 1.61. The zero-order chi connectivity index (χ0) is 25.5. The lowest BCUT2D eigenvalue weighted by Gasteiger charge is -2.11. The molecule has 0 unspecified atom stereocenters. The molecule has 0 saturated heterocycles. The minimum absolute atomic E-state index is 0.174. The molecule has 9 nitrogen and oxygen atoms in total. The number of nitrogens with zero attached hydrogens (tertiary/aromatic N) is 4. The van der Waals surface area contributed by atoms with E-state index in [1.807, 2.05) is 12.1 Å². The zero-order valence-corrected chi connectivity index (χ0v) is 19.9. The van der Waals surface area contributed by atoms with Crippen molar-refractivity contribution in [3.8, 4) is 23.1 Å². The summed E-state index contributed by atoms with van der Waals surface area (Å²) < 4.78 is 26.5. The first-order valence-corrected chi connectivity index (χ1v) is 11.2. The second kappa shape index (κ2) is 11.3. The van der Waals surface area contributed by atoms with Crippen molar-refractivity contribution < 1.29 is 18.7 Å². The third-order valence-corrected chi connectivity index (χ3v) is 5.65. The van der Waals surface area contributed by atoms with Crippen LogP contribution >= 0.6 is 0 Å². The molecule has 0 aliphatic heterocycles. The minimum Gasteiger partial charge on any atom is -0.496 e. The molecular formula is C26H25FN6O3. The van der Waals surface area contributed by atoms with Crippen LogP contribution in [0.5, 0.6) is 5.75 Å². The highest BCUT2D eigenvalue weighted by atomic mass is 19.1. The predicted molar refractivity (Wildman–Crippen MR) is 133 cm³/mol. The fraction of sp³-hybridized carbons (Fsp3) is 0.231. The van der Waals surface area contributed by atoms with E-state index in [2.05, 4.69) is 26.7 Å². The molecular weight excluding hydrogens is 463 g/mol. The molecule has 0 radical (unpaired) electrons. The van der Waals surface area contributed by atoms with Crippen molar-refractivity contribution in [1.82, 2.24) is 19.9 Å². The van der Waals surface area contributed by atoms with Crippen LogP contribution in [0.2, 0.25) is 0 Å². The average Bonchev–Trinajstić information content (AvgIpc) is 3.29. The maximum atomic E-state index is 14.6. The molecule has 10 heteroatoms. The molecule has 0 aliphatic carbocycles. The first-order valence-electron chi connectivity index (χ1n) is 11.2. The van der Waals surface area contributed by atoms with Crippen LogP contribution in [0.15, 0.2) is 54.9 Å². The van der Waals surface area contributed by atoms with Crippen LogP contribution in [0.25, 0.3) is 22.2 Å². The van der Waals surface area contributed by atoms with E-state index >= 15 is 0 Å². The van der Waals surface area contributed by atoms with Crippen molar-refractivity contribution in [2.75, 3.05) is 39.2 Å². The standard InChI is InChI=1S/C26H25FN6O3/c1-35-12-10-30-26(34)18-5-3-17(4-6-18)22-14-24(32-16-31-22)29-9-11-33-19(15-28)13-20-23(36-2)8-7-21(27)25(20)33/h3-8,13-14,16H,9-12H2,1-2H3,(H,30,34)(H,29,31,32). The lowest BCUT2D eigenvalue weighted by molar-refractivity contribution is 0.0937. The summed E-state index contributed by atoms with van der Waals surface area (Å²) in [5.74, 6) is 0.488. The molecule has 0 aliphatic rings. The number of nitriles is 1. The molecule has 4 aromatic rings. The monoisotopic (exact) mass is 488 g/mol. The largest absolute Gasteiger partial charge is 0.496 e. The van der Waals surface area contributed by atoms with Gasteiger partial charge in [-0.3, -0.25) is 4.79 Å². The number of nitrogens with one attached hydrogen (secondary N) is 2. The van der Waals surface area contributed by atoms with Gasteiger partial charge in [-0.15, -0.1) is 0 Å². The first-order chi connectivity index (χ1) is 17.5. The van der Waals surface area contributed by atoms with E-state index in [9.17, 15) is 14.4 Å². The van der Waals surface area contributed by atoms with Crippen LogP contribution in [-0.2, 0) is 11.3 Å². The first kappa shape index (κ1) is 24.6. The summed E-state index contributed by atoms with van der Waals surface area (Å²) in [5, 5.41) is 16.1. The Kier molecular flexibility index (Phi) is 7.72. The molecule has 0 fully saturated rings. The quantitative estimate of drug-likeness (QED) is 0.328. The average molecular weight is 489 g/mol. The SMILES string of the molecule is COCCNC(=O)c1ccc(-c2cc(NCCn3c(C#N)cc4c(OC)ccc(F)c43)ncn2)cc1. The molecule has 1 amide bonds. The van der Waals surface area contributed by atoms with E-state index in [0.29, 0.717) is 65.7 Å². The Bertz CT molecular complexity index is 1410. The summed E-state index contributed by atoms with van der Waals surface area (Å²) in [4.78, 5) is 20.7. The van der Waals surface area contributed by atoms with E-state index in [4.69, 9.17) is 9.47 Å². The second-order valence-electron chi connectivity index (χ2n) is 7.85. The van der Waals surface area contributed by atoms with Crippen LogP contribution in [0, 0.1) is 17.1 Å². The van der Waals surface area contributed by atoms with E-state index < -0.39 is 5.82 Å². The molecule has 0 spiro atoms. The Hall–Kier alpha value is -4.49. The molecule has 36 heavy (non-hydrogen) atoms. The summed E-state index contributed by atoms with van der Waals surface area (Å²) in [5.41, 5.74) is 2.70. The van der Waals surface area contributed by atoms with Gasteiger partial charge in [-0.1, -0.05) is 12.1 Å². The number of methoxy groups -OCH3 is 2. The Balaban J connectivity index is 1.45. The highest BCUT2D eigenvalue weighted by molar-refractivity contribution is 5.94. The zero-order valence-electron chi connectivity index (χ0n) is 19.9. The number of carbonyl (C=O) groups is 1. The number of hydrogen-bond donors (Lipinski definition) is 2. The molecule has 2 heterocycles. The van der Waals surface area contributed by atoms with Gasteiger partial charge >= 0.3 is 0 Å². The highest BCUT2D eigenvalue weighted by Gasteiger charge is 2.16. The molecule has 2 aromatic heterocycles. The Morgan fingerprint density at radius 1 is 1.11 bits per heavy atom. The number of rotatable bonds is 10. The normalized spacial score (nSPS) is 10.7. The van der Waals surface area contributed by atoms with E-state index in [1.54, 1.807) is 42.0 Å². The Labute approximate surface area is 207 Å². The Morgan fingerprint density at radius 3 is 2.64 bits per heavy atom. The lowest BCUT2D eigenvalue weighted by atomic mass is 10.1. The van der Waals surface area contributed by atoms with E-state index in [1.165, 1.54) is 19.5 Å². The minimum atomic E-state index is -0.424. The van der Waals surface area contributed by atoms with Gasteiger partial charge in [-0.25, -0.2) is 14.4 Å². The number of benzene rings is 2. The lowest BCUT2D eigenvalue weighted by Crippen LogP contribution is -2.26. The molecule has 0 bridgehead atoms. The number of aromatic nitrogens is 3. The third kappa shape index (κ3) is 5.26. The molecule has 0 saturated carbocycles. The summed E-state index contributed by atoms with van der Waals surface area (Å²) in [6.07, 6.45) is 1.44. The van der Waals surface area contributed by atoms with Crippen molar-refractivity contribution >= 4 is 22.6 Å². The number of hydrogen-bond acceptors (Lipinski definition) is 7. The number of anilines is 1. The summed E-state index contributed by atoms with van der Waals surface area (Å²) in [7, 11) is 3.09. The smallest absolute Gasteiger partial charge is 0.251 e. The summed E-state index contributed by atoms with van der Waals surface area (Å²) in [6, 6.07) is 15.5. The van der Waals surface area contributed by atoms with Gasteiger partial charge in [0.2, 0.25) is 0 Å². The maximum Gasteiger partial charge on any atom is 0.251 e. The van der Waals surface area contributed by atoms with Gasteiger partial charge < -0.3 is 24.7 Å². The number of halogens is 1. The fourth-order valence-corrected chi connectivity index (χ4v) is 3.88. The Morgan fingerprint density at radius 2 is 1.92 bits per heavy atom. The third-order valence-electron chi connectivity index (χ3n) is 5.65. The van der Waals surface area contributed by atoms with Crippen molar-refractivity contribution in [2.24, 2.45) is 0 Å². The highest BCUT2D eigenvalue weighted by Crippen LogP contribution is 2.31. The predicted octanol–water partition coefficient (Wildman–Crippen LogP) is 3.61. The fourth-order valence-electron chi connectivity index (χ4n) is 3.88. The van der Waals surface area contributed by atoms with Crippen molar-refractivity contribution in [3.63, 3.8) is 0 Å². The van der Waals surface area contributed by atoms with Crippen LogP contribution in [0.1, 0.15) is 16.1 Å². The topological polar surface area (TPSA) is 114 Å². The maximum absolute atomic E-state index is 14.6. The van der Waals surface area contributed by atoms with E-state index in [-0.39, 0.29) is 5.91 Å². The van der Waals surface area contributed by atoms with Gasteiger partial charge in [0.25, 0.3) is 5.91 Å². The van der Waals surface area contributed by atoms with Crippen LogP contribution < -0.4 is 15.4 Å². The van der Waals surface area contributed by atoms with Gasteiger partial charge in [0, 0.05) is 49.3 Å². The van der Waals surface area contributed by atoms with Crippen LogP contribution in [0.3, 0.4) is 0 Å². The molecule has 0 atom stereocenters. The molecule has 2 N–H and O–H groups in total. The van der Waals surface area contributed by atoms with Gasteiger partial charge in [0.15, 0.2) is 0 Å². The van der Waals surface area contributed by atoms with Gasteiger partial charge in [-0.05, 0) is 30.3 Å². The number of amides is 1.